The highest BCUT2D eigenvalue weighted by atomic mass is 35.5. The molecule has 0 atom stereocenters. The zero-order valence-electron chi connectivity index (χ0n) is 13.4. The Morgan fingerprint density at radius 3 is 2.64 bits per heavy atom. The molecule has 1 fully saturated rings. The van der Waals surface area contributed by atoms with Gasteiger partial charge in [0.15, 0.2) is 0 Å². The lowest BCUT2D eigenvalue weighted by Gasteiger charge is -2.30. The Labute approximate surface area is 150 Å². The van der Waals surface area contributed by atoms with Gasteiger partial charge in [0.05, 0.1) is 9.95 Å². The smallest absolute Gasteiger partial charge is 0.270 e. The number of carbonyl (C=O) groups is 1. The number of rotatable bonds is 6. The molecule has 0 bridgehead atoms. The highest BCUT2D eigenvalue weighted by Gasteiger charge is 2.33. The van der Waals surface area contributed by atoms with Gasteiger partial charge in [0.2, 0.25) is 15.9 Å². The molecule has 1 heterocycles. The molecule has 8 nitrogen and oxygen atoms in total. The van der Waals surface area contributed by atoms with Crippen LogP contribution >= 0.6 is 11.6 Å². The maximum Gasteiger partial charge on any atom is 0.270 e. The van der Waals surface area contributed by atoms with Gasteiger partial charge in [-0.15, -0.1) is 6.58 Å². The summed E-state index contributed by atoms with van der Waals surface area (Å²) in [5.74, 6) is -0.405. The molecule has 0 unspecified atom stereocenters. The second kappa shape index (κ2) is 7.94. The largest absolute Gasteiger partial charge is 0.352 e. The van der Waals surface area contributed by atoms with Gasteiger partial charge in [0.1, 0.15) is 4.90 Å². The third kappa shape index (κ3) is 4.36. The molecular weight excluding hydrogens is 370 g/mol. The van der Waals surface area contributed by atoms with Crippen LogP contribution in [0.2, 0.25) is 5.02 Å². The number of benzene rings is 1. The highest BCUT2D eigenvalue weighted by Crippen LogP contribution is 2.31. The van der Waals surface area contributed by atoms with Gasteiger partial charge < -0.3 is 5.32 Å². The van der Waals surface area contributed by atoms with Gasteiger partial charge in [-0.05, 0) is 18.9 Å². The minimum Gasteiger partial charge on any atom is -0.352 e. The second-order valence-electron chi connectivity index (χ2n) is 5.58. The fourth-order valence-electron chi connectivity index (χ4n) is 2.62. The zero-order chi connectivity index (χ0) is 18.6. The number of nitro benzene ring substituents is 1. The van der Waals surface area contributed by atoms with Crippen LogP contribution in [-0.4, -0.2) is 43.2 Å². The van der Waals surface area contributed by atoms with Gasteiger partial charge in [-0.1, -0.05) is 17.7 Å². The van der Waals surface area contributed by atoms with E-state index in [0.29, 0.717) is 19.4 Å². The molecule has 1 saturated heterocycles. The first-order valence-corrected chi connectivity index (χ1v) is 9.42. The lowest BCUT2D eigenvalue weighted by Crippen LogP contribution is -2.43. The first-order chi connectivity index (χ1) is 11.8. The van der Waals surface area contributed by atoms with Crippen molar-refractivity contribution in [1.29, 1.82) is 0 Å². The topological polar surface area (TPSA) is 110 Å². The maximum absolute atomic E-state index is 12.7. The van der Waals surface area contributed by atoms with Crippen LogP contribution in [0.25, 0.3) is 0 Å². The fourth-order valence-corrected chi connectivity index (χ4v) is 4.58. The molecule has 25 heavy (non-hydrogen) atoms. The number of nitro groups is 1. The summed E-state index contributed by atoms with van der Waals surface area (Å²) in [5, 5.41) is 13.5. The summed E-state index contributed by atoms with van der Waals surface area (Å²) in [7, 11) is -3.97. The molecule has 1 aromatic carbocycles. The third-order valence-electron chi connectivity index (χ3n) is 3.99. The van der Waals surface area contributed by atoms with Crippen molar-refractivity contribution < 1.29 is 18.1 Å². The van der Waals surface area contributed by atoms with Gasteiger partial charge in [-0.2, -0.15) is 4.31 Å². The Morgan fingerprint density at radius 2 is 2.08 bits per heavy atom. The van der Waals surface area contributed by atoms with Gasteiger partial charge in [0.25, 0.3) is 5.69 Å². The molecule has 0 radical (unpaired) electrons. The fraction of sp³-hybridized carbons (Fsp3) is 0.400. The van der Waals surface area contributed by atoms with E-state index in [2.05, 4.69) is 11.9 Å². The van der Waals surface area contributed by atoms with Crippen molar-refractivity contribution in [2.75, 3.05) is 19.6 Å². The van der Waals surface area contributed by atoms with E-state index in [1.807, 2.05) is 0 Å². The molecule has 1 amide bonds. The van der Waals surface area contributed by atoms with Crippen LogP contribution in [0.5, 0.6) is 0 Å². The number of hydrogen-bond donors (Lipinski definition) is 1. The van der Waals surface area contributed by atoms with Crippen molar-refractivity contribution in [2.24, 2.45) is 5.92 Å². The average molecular weight is 388 g/mol. The van der Waals surface area contributed by atoms with E-state index in [0.717, 1.165) is 12.1 Å². The van der Waals surface area contributed by atoms with E-state index in [1.165, 1.54) is 10.4 Å². The Morgan fingerprint density at radius 1 is 1.44 bits per heavy atom. The Balaban J connectivity index is 2.15. The van der Waals surface area contributed by atoms with Crippen molar-refractivity contribution in [3.63, 3.8) is 0 Å². The van der Waals surface area contributed by atoms with Crippen molar-refractivity contribution >= 4 is 33.2 Å². The monoisotopic (exact) mass is 387 g/mol. The number of piperidine rings is 1. The molecule has 0 spiro atoms. The van der Waals surface area contributed by atoms with Gasteiger partial charge in [-0.3, -0.25) is 14.9 Å². The van der Waals surface area contributed by atoms with E-state index in [9.17, 15) is 23.3 Å². The normalized spacial score (nSPS) is 16.4. The predicted molar refractivity (Wildman–Crippen MR) is 92.8 cm³/mol. The molecule has 1 aliphatic rings. The molecule has 136 valence electrons. The Hall–Kier alpha value is -1.97. The van der Waals surface area contributed by atoms with Crippen LogP contribution < -0.4 is 5.32 Å². The summed E-state index contributed by atoms with van der Waals surface area (Å²) in [6.07, 6.45) is 2.31. The highest BCUT2D eigenvalue weighted by molar-refractivity contribution is 7.89. The molecule has 1 aromatic rings. The minimum absolute atomic E-state index is 0.0727. The van der Waals surface area contributed by atoms with Crippen molar-refractivity contribution in [1.82, 2.24) is 9.62 Å². The van der Waals surface area contributed by atoms with Crippen LogP contribution in [0.1, 0.15) is 12.8 Å². The summed E-state index contributed by atoms with van der Waals surface area (Å²) < 4.78 is 26.7. The number of amides is 1. The van der Waals surface area contributed by atoms with Gasteiger partial charge >= 0.3 is 0 Å². The maximum atomic E-state index is 12.7. The number of sulfonamides is 1. The second-order valence-corrected chi connectivity index (χ2v) is 7.90. The summed E-state index contributed by atoms with van der Waals surface area (Å²) >= 11 is 5.94. The molecule has 2 rings (SSSR count). The van der Waals surface area contributed by atoms with E-state index in [-0.39, 0.29) is 40.5 Å². The number of halogens is 1. The molecule has 10 heteroatoms. The standard InChI is InChI=1S/C15H18ClN3O5S/c1-2-7-17-15(20)11-5-8-18(9-6-11)25(23,24)14-10-12(19(21)22)3-4-13(14)16/h2-4,10-11H,1,5-9H2,(H,17,20). The Kier molecular flexibility index (Phi) is 6.15. The lowest BCUT2D eigenvalue weighted by atomic mass is 9.97. The van der Waals surface area contributed by atoms with Crippen LogP contribution in [0.4, 0.5) is 5.69 Å². The number of nitrogens with zero attached hydrogens (tertiary/aromatic N) is 2. The van der Waals surface area contributed by atoms with E-state index >= 15 is 0 Å². The molecular formula is C15H18ClN3O5S. The van der Waals surface area contributed by atoms with Crippen LogP contribution in [0.15, 0.2) is 35.7 Å². The molecule has 1 N–H and O–H groups in total. The number of non-ortho nitro benzene ring substituents is 1. The molecule has 1 aliphatic heterocycles. The summed E-state index contributed by atoms with van der Waals surface area (Å²) in [4.78, 5) is 21.8. The minimum atomic E-state index is -3.97. The number of carbonyl (C=O) groups excluding carboxylic acids is 1. The van der Waals surface area contributed by atoms with Crippen molar-refractivity contribution in [2.45, 2.75) is 17.7 Å². The summed E-state index contributed by atoms with van der Waals surface area (Å²) in [5.41, 5.74) is -0.346. The van der Waals surface area contributed by atoms with Crippen LogP contribution in [0.3, 0.4) is 0 Å². The first kappa shape index (κ1) is 19.4. The van der Waals surface area contributed by atoms with Crippen LogP contribution in [0, 0.1) is 16.0 Å². The zero-order valence-corrected chi connectivity index (χ0v) is 14.9. The van der Waals surface area contributed by atoms with Crippen molar-refractivity contribution in [3.05, 3.63) is 46.0 Å². The number of nitrogens with one attached hydrogen (secondary N) is 1. The lowest BCUT2D eigenvalue weighted by molar-refractivity contribution is -0.385. The molecule has 0 saturated carbocycles. The Bertz CT molecular complexity index is 788. The van der Waals surface area contributed by atoms with Crippen molar-refractivity contribution in [3.8, 4) is 0 Å². The quantitative estimate of drug-likeness (QED) is 0.455. The van der Waals surface area contributed by atoms with E-state index < -0.39 is 14.9 Å². The first-order valence-electron chi connectivity index (χ1n) is 7.60. The summed E-state index contributed by atoms with van der Waals surface area (Å²) in [6, 6.07) is 3.31. The van der Waals surface area contributed by atoms with E-state index in [1.54, 1.807) is 6.08 Å². The molecule has 0 aliphatic carbocycles. The van der Waals surface area contributed by atoms with Gasteiger partial charge in [0, 0.05) is 37.7 Å². The SMILES string of the molecule is C=CCNC(=O)C1CCN(S(=O)(=O)c2cc([N+](=O)[O-])ccc2Cl)CC1. The van der Waals surface area contributed by atoms with E-state index in [4.69, 9.17) is 11.6 Å². The molecule has 0 aromatic heterocycles. The number of hydrogen-bond acceptors (Lipinski definition) is 5. The summed E-state index contributed by atoms with van der Waals surface area (Å²) in [6.45, 7) is 4.18. The third-order valence-corrected chi connectivity index (χ3v) is 6.37. The van der Waals surface area contributed by atoms with Crippen LogP contribution in [-0.2, 0) is 14.8 Å². The predicted octanol–water partition coefficient (Wildman–Crippen LogP) is 1.95. The average Bonchev–Trinajstić information content (AvgIpc) is 2.59. The van der Waals surface area contributed by atoms with Gasteiger partial charge in [-0.25, -0.2) is 8.42 Å².